The molecule has 0 bridgehead atoms. The largest absolute Gasteiger partial charge is 0.309 e. The van der Waals surface area contributed by atoms with Crippen LogP contribution >= 0.6 is 11.6 Å². The van der Waals surface area contributed by atoms with E-state index in [9.17, 15) is 0 Å². The van der Waals surface area contributed by atoms with Crippen molar-refractivity contribution < 1.29 is 0 Å². The van der Waals surface area contributed by atoms with Crippen molar-refractivity contribution in [3.05, 3.63) is 51.8 Å². The number of aryl methyl sites for hydroxylation is 3. The average Bonchev–Trinajstić information content (AvgIpc) is 2.73. The predicted molar refractivity (Wildman–Crippen MR) is 84.3 cm³/mol. The van der Waals surface area contributed by atoms with Crippen molar-refractivity contribution in [2.45, 2.75) is 33.2 Å². The van der Waals surface area contributed by atoms with Crippen LogP contribution in [-0.2, 0) is 13.5 Å². The van der Waals surface area contributed by atoms with Crippen LogP contribution in [0, 0.1) is 13.8 Å². The molecule has 20 heavy (non-hydrogen) atoms. The monoisotopic (exact) mass is 291 g/mol. The Balaban J connectivity index is 2.28. The van der Waals surface area contributed by atoms with E-state index < -0.39 is 0 Å². The van der Waals surface area contributed by atoms with Gasteiger partial charge in [0.05, 0.1) is 23.0 Å². The molecule has 0 saturated carbocycles. The average molecular weight is 292 g/mol. The van der Waals surface area contributed by atoms with Crippen LogP contribution in [-0.4, -0.2) is 16.3 Å². The molecule has 0 fully saturated rings. The van der Waals surface area contributed by atoms with E-state index in [1.807, 2.05) is 11.7 Å². The lowest BCUT2D eigenvalue weighted by Gasteiger charge is -2.19. The first kappa shape index (κ1) is 15.1. The molecule has 1 unspecified atom stereocenters. The molecule has 2 aromatic rings. The van der Waals surface area contributed by atoms with Crippen molar-refractivity contribution in [2.24, 2.45) is 7.05 Å². The summed E-state index contributed by atoms with van der Waals surface area (Å²) in [5.41, 5.74) is 5.02. The number of hydrogen-bond donors (Lipinski definition) is 1. The molecule has 0 spiro atoms. The Hall–Kier alpha value is -1.32. The summed E-state index contributed by atoms with van der Waals surface area (Å²) in [4.78, 5) is 0. The smallest absolute Gasteiger partial charge is 0.0834 e. The molecule has 3 nitrogen and oxygen atoms in total. The van der Waals surface area contributed by atoms with Gasteiger partial charge in [-0.1, -0.05) is 36.7 Å². The minimum absolute atomic E-state index is 0.183. The third kappa shape index (κ3) is 3.22. The minimum atomic E-state index is 0.183. The highest BCUT2D eigenvalue weighted by Crippen LogP contribution is 2.25. The van der Waals surface area contributed by atoms with Gasteiger partial charge in [0.25, 0.3) is 0 Å². The summed E-state index contributed by atoms with van der Waals surface area (Å²) >= 11 is 6.27. The number of likely N-dealkylation sites (N-methyl/N-ethyl adjacent to an activating group) is 1. The maximum absolute atomic E-state index is 6.27. The van der Waals surface area contributed by atoms with Gasteiger partial charge in [-0.05, 0) is 43.5 Å². The second-order valence-corrected chi connectivity index (χ2v) is 5.64. The normalized spacial score (nSPS) is 12.7. The highest BCUT2D eigenvalue weighted by molar-refractivity contribution is 6.31. The third-order valence-electron chi connectivity index (χ3n) is 3.73. The molecule has 4 heteroatoms. The fourth-order valence-electron chi connectivity index (χ4n) is 2.49. The van der Waals surface area contributed by atoms with Crippen molar-refractivity contribution in [2.75, 3.05) is 6.54 Å². The molecule has 1 atom stereocenters. The van der Waals surface area contributed by atoms with E-state index in [4.69, 9.17) is 11.6 Å². The summed E-state index contributed by atoms with van der Waals surface area (Å²) in [7, 11) is 1.94. The van der Waals surface area contributed by atoms with Crippen molar-refractivity contribution >= 4 is 11.6 Å². The van der Waals surface area contributed by atoms with Gasteiger partial charge < -0.3 is 5.32 Å². The number of hydrogen-bond acceptors (Lipinski definition) is 2. The Bertz CT molecular complexity index is 570. The van der Waals surface area contributed by atoms with Crippen LogP contribution in [0.5, 0.6) is 0 Å². The fraction of sp³-hybridized carbons (Fsp3) is 0.438. The lowest BCUT2D eigenvalue weighted by Crippen LogP contribution is -2.25. The second-order valence-electron chi connectivity index (χ2n) is 5.23. The zero-order valence-electron chi connectivity index (χ0n) is 12.6. The highest BCUT2D eigenvalue weighted by Gasteiger charge is 2.18. The second kappa shape index (κ2) is 6.42. The number of halogens is 1. The van der Waals surface area contributed by atoms with Crippen LogP contribution in [0.1, 0.15) is 35.3 Å². The van der Waals surface area contributed by atoms with Gasteiger partial charge in [0.2, 0.25) is 0 Å². The van der Waals surface area contributed by atoms with Crippen LogP contribution in [0.15, 0.2) is 24.4 Å². The number of nitrogens with zero attached hydrogens (tertiary/aromatic N) is 2. The number of nitrogens with one attached hydrogen (secondary N) is 1. The van der Waals surface area contributed by atoms with Gasteiger partial charge in [-0.25, -0.2) is 0 Å². The Morgan fingerprint density at radius 3 is 2.60 bits per heavy atom. The molecule has 0 radical (unpaired) electrons. The summed E-state index contributed by atoms with van der Waals surface area (Å²) in [5.74, 6) is 0. The zero-order valence-corrected chi connectivity index (χ0v) is 13.3. The van der Waals surface area contributed by atoms with Crippen LogP contribution in [0.25, 0.3) is 0 Å². The van der Waals surface area contributed by atoms with Gasteiger partial charge in [-0.2, -0.15) is 5.10 Å². The minimum Gasteiger partial charge on any atom is -0.309 e. The van der Waals surface area contributed by atoms with Crippen molar-refractivity contribution in [1.82, 2.24) is 15.1 Å². The summed E-state index contributed by atoms with van der Waals surface area (Å²) in [6.45, 7) is 7.30. The molecular formula is C16H22ClN3. The van der Waals surface area contributed by atoms with Crippen molar-refractivity contribution in [3.63, 3.8) is 0 Å². The molecule has 2 rings (SSSR count). The number of benzene rings is 1. The predicted octanol–water partition coefficient (Wildman–Crippen LogP) is 3.58. The molecular weight excluding hydrogens is 270 g/mol. The van der Waals surface area contributed by atoms with E-state index in [-0.39, 0.29) is 6.04 Å². The van der Waals surface area contributed by atoms with Crippen LogP contribution in [0.4, 0.5) is 0 Å². The van der Waals surface area contributed by atoms with E-state index >= 15 is 0 Å². The first-order valence-electron chi connectivity index (χ1n) is 6.99. The van der Waals surface area contributed by atoms with Gasteiger partial charge in [0, 0.05) is 7.05 Å². The molecule has 0 aliphatic carbocycles. The SMILES string of the molecule is CCNC(Cc1ccc(C)c(C)c1)c1c(Cl)cnn1C. The summed E-state index contributed by atoms with van der Waals surface area (Å²) < 4.78 is 1.86. The van der Waals surface area contributed by atoms with Crippen molar-refractivity contribution in [1.29, 1.82) is 0 Å². The maximum Gasteiger partial charge on any atom is 0.0834 e. The molecule has 0 amide bonds. The lowest BCUT2D eigenvalue weighted by molar-refractivity contribution is 0.508. The molecule has 0 aliphatic heterocycles. The van der Waals surface area contributed by atoms with Gasteiger partial charge in [-0.15, -0.1) is 0 Å². The first-order valence-corrected chi connectivity index (χ1v) is 7.37. The van der Waals surface area contributed by atoms with E-state index in [0.29, 0.717) is 0 Å². The third-order valence-corrected chi connectivity index (χ3v) is 4.02. The van der Waals surface area contributed by atoms with Crippen molar-refractivity contribution in [3.8, 4) is 0 Å². The highest BCUT2D eigenvalue weighted by atomic mass is 35.5. The van der Waals surface area contributed by atoms with Crippen LogP contribution < -0.4 is 5.32 Å². The Labute approximate surface area is 126 Å². The van der Waals surface area contributed by atoms with Gasteiger partial charge in [0.1, 0.15) is 0 Å². The van der Waals surface area contributed by atoms with Crippen LogP contribution in [0.3, 0.4) is 0 Å². The van der Waals surface area contributed by atoms with Gasteiger partial charge >= 0.3 is 0 Å². The van der Waals surface area contributed by atoms with Gasteiger partial charge in [-0.3, -0.25) is 4.68 Å². The fourth-order valence-corrected chi connectivity index (χ4v) is 2.79. The molecule has 0 saturated heterocycles. The summed E-state index contributed by atoms with van der Waals surface area (Å²) in [5, 5.41) is 8.47. The molecule has 1 aromatic carbocycles. The molecule has 0 aliphatic rings. The molecule has 1 aromatic heterocycles. The Morgan fingerprint density at radius 1 is 1.30 bits per heavy atom. The van der Waals surface area contributed by atoms with E-state index in [1.165, 1.54) is 16.7 Å². The van der Waals surface area contributed by atoms with Crippen LogP contribution in [0.2, 0.25) is 5.02 Å². The first-order chi connectivity index (χ1) is 9.52. The summed E-state index contributed by atoms with van der Waals surface area (Å²) in [6.07, 6.45) is 2.62. The molecule has 108 valence electrons. The molecule has 1 heterocycles. The Morgan fingerprint density at radius 2 is 2.05 bits per heavy atom. The van der Waals surface area contributed by atoms with E-state index in [2.05, 4.69) is 49.4 Å². The van der Waals surface area contributed by atoms with E-state index in [0.717, 1.165) is 23.7 Å². The number of aromatic nitrogens is 2. The van der Waals surface area contributed by atoms with Gasteiger partial charge in [0.15, 0.2) is 0 Å². The topological polar surface area (TPSA) is 29.9 Å². The number of rotatable bonds is 5. The quantitative estimate of drug-likeness (QED) is 0.912. The Kier molecular flexibility index (Phi) is 4.84. The summed E-state index contributed by atoms with van der Waals surface area (Å²) in [6, 6.07) is 6.81. The zero-order chi connectivity index (χ0) is 14.7. The molecule has 1 N–H and O–H groups in total. The standard InChI is InChI=1S/C16H22ClN3/c1-5-18-15(16-14(17)10-19-20(16)4)9-13-7-6-11(2)12(3)8-13/h6-8,10,15,18H,5,9H2,1-4H3. The van der Waals surface area contributed by atoms with E-state index in [1.54, 1.807) is 6.20 Å². The lowest BCUT2D eigenvalue weighted by atomic mass is 9.99. The maximum atomic E-state index is 6.27.